The van der Waals surface area contributed by atoms with E-state index in [1.165, 1.54) is 35.8 Å². The Morgan fingerprint density at radius 3 is 2.36 bits per heavy atom. The molecule has 2 aromatic carbocycles. The zero-order valence-electron chi connectivity index (χ0n) is 20.3. The fraction of sp³-hybridized carbons (Fsp3) is 0.292. The number of aromatic nitrogens is 1. The van der Waals surface area contributed by atoms with Crippen LogP contribution in [0.4, 0.5) is 14.6 Å². The minimum Gasteiger partial charge on any atom is -0.495 e. The maximum Gasteiger partial charge on any atom is 0.586 e. The monoisotopic (exact) mass is 601 g/mol. The first-order valence-electron chi connectivity index (χ1n) is 11.6. The van der Waals surface area contributed by atoms with Crippen LogP contribution < -0.4 is 18.5 Å². The molecule has 0 atom stereocenters. The summed E-state index contributed by atoms with van der Waals surface area (Å²) in [5, 5.41) is 0.0319. The lowest BCUT2D eigenvalue weighted by atomic mass is 10.1. The lowest BCUT2D eigenvalue weighted by Crippen LogP contribution is -2.49. The first kappa shape index (κ1) is 27.4. The molecule has 5 rings (SSSR count). The van der Waals surface area contributed by atoms with Crippen molar-refractivity contribution in [1.29, 1.82) is 0 Å². The molecule has 3 heterocycles. The first-order chi connectivity index (χ1) is 18.4. The minimum atomic E-state index is -4.20. The molecule has 39 heavy (non-hydrogen) atoms. The summed E-state index contributed by atoms with van der Waals surface area (Å²) in [6, 6.07) is 11.7. The fourth-order valence-corrected chi connectivity index (χ4v) is 8.09. The molecule has 0 radical (unpaired) electrons. The molecule has 2 aliphatic rings. The van der Waals surface area contributed by atoms with Gasteiger partial charge >= 0.3 is 6.29 Å². The van der Waals surface area contributed by atoms with Gasteiger partial charge in [-0.2, -0.15) is 4.31 Å². The van der Waals surface area contributed by atoms with Crippen LogP contribution in [-0.4, -0.2) is 58.7 Å². The average Bonchev–Trinajstić information content (AvgIpc) is 3.22. The molecule has 1 saturated heterocycles. The Bertz CT molecular complexity index is 1600. The highest BCUT2D eigenvalue weighted by Gasteiger charge is 2.44. The molecule has 0 spiro atoms. The first-order valence-corrected chi connectivity index (χ1v) is 14.9. The Labute approximate surface area is 228 Å². The number of hydrogen-bond acceptors (Lipinski definition) is 8. The molecular formula is C24H22ClF2N3O7S2. The smallest absolute Gasteiger partial charge is 0.495 e. The highest BCUT2D eigenvalue weighted by Crippen LogP contribution is 2.42. The molecule has 1 aromatic heterocycles. The third-order valence-corrected chi connectivity index (χ3v) is 10.6. The Kier molecular flexibility index (Phi) is 7.07. The van der Waals surface area contributed by atoms with Crippen molar-refractivity contribution in [2.24, 2.45) is 0 Å². The molecule has 1 fully saturated rings. The number of pyridine rings is 1. The van der Waals surface area contributed by atoms with Gasteiger partial charge in [0.2, 0.25) is 10.0 Å². The zero-order valence-corrected chi connectivity index (χ0v) is 22.7. The summed E-state index contributed by atoms with van der Waals surface area (Å²) in [7, 11) is -6.85. The molecule has 0 amide bonds. The van der Waals surface area contributed by atoms with E-state index in [1.54, 1.807) is 18.2 Å². The van der Waals surface area contributed by atoms with Crippen LogP contribution in [0.25, 0.3) is 0 Å². The number of fused-ring (bicyclic) bond motifs is 1. The number of hydrogen-bond donors (Lipinski definition) is 0. The van der Waals surface area contributed by atoms with Crippen LogP contribution in [0.5, 0.6) is 17.2 Å². The van der Waals surface area contributed by atoms with Crippen LogP contribution in [0.1, 0.15) is 12.8 Å². The maximum atomic E-state index is 13.8. The van der Waals surface area contributed by atoms with E-state index < -0.39 is 38.1 Å². The van der Waals surface area contributed by atoms with Gasteiger partial charge < -0.3 is 14.2 Å². The van der Waals surface area contributed by atoms with E-state index in [0.717, 1.165) is 22.5 Å². The van der Waals surface area contributed by atoms with Gasteiger partial charge in [0.25, 0.3) is 10.0 Å². The average molecular weight is 602 g/mol. The number of sulfonamides is 2. The number of methoxy groups -OCH3 is 1. The Morgan fingerprint density at radius 1 is 1.03 bits per heavy atom. The molecule has 0 N–H and O–H groups in total. The molecule has 3 aromatic rings. The summed E-state index contributed by atoms with van der Waals surface area (Å²) < 4.78 is 97.2. The third-order valence-electron chi connectivity index (χ3n) is 6.32. The lowest BCUT2D eigenvalue weighted by molar-refractivity contribution is -0.286. The topological polar surface area (TPSA) is 115 Å². The number of rotatable bonds is 7. The van der Waals surface area contributed by atoms with E-state index in [2.05, 4.69) is 14.5 Å². The zero-order chi connectivity index (χ0) is 28.0. The van der Waals surface area contributed by atoms with Crippen LogP contribution >= 0.6 is 11.6 Å². The standard InChI is InChI=1S/C24H22ClF2N3O7S2/c1-35-17-6-9-23(28-15-17)30(39(33,34)22-5-3-2-4-19(22)25)16-10-12-29(13-11-16)38(31,32)18-7-8-20-21(14-18)37-24(26,27)36-20/h2-9,14-16H,10-13H2,1H3. The predicted octanol–water partition coefficient (Wildman–Crippen LogP) is 4.11. The number of ether oxygens (including phenoxy) is 3. The Balaban J connectivity index is 1.42. The molecule has 15 heteroatoms. The van der Waals surface area contributed by atoms with Gasteiger partial charge in [-0.15, -0.1) is 8.78 Å². The molecule has 10 nitrogen and oxygen atoms in total. The molecule has 0 bridgehead atoms. The second-order valence-corrected chi connectivity index (χ2v) is 12.8. The van der Waals surface area contributed by atoms with Gasteiger partial charge in [0, 0.05) is 25.2 Å². The van der Waals surface area contributed by atoms with Gasteiger partial charge in [0.1, 0.15) is 16.5 Å². The van der Waals surface area contributed by atoms with Gasteiger partial charge in [-0.3, -0.25) is 0 Å². The molecule has 0 saturated carbocycles. The number of nitrogens with zero attached hydrogens (tertiary/aromatic N) is 3. The van der Waals surface area contributed by atoms with Crippen molar-refractivity contribution < 1.29 is 39.8 Å². The van der Waals surface area contributed by atoms with E-state index in [9.17, 15) is 25.6 Å². The Morgan fingerprint density at radius 2 is 1.72 bits per heavy atom. The van der Waals surface area contributed by atoms with Gasteiger partial charge in [-0.05, 0) is 49.2 Å². The van der Waals surface area contributed by atoms with Crippen molar-refractivity contribution >= 4 is 37.5 Å². The normalized spacial score (nSPS) is 17.6. The van der Waals surface area contributed by atoms with Crippen LogP contribution in [0.15, 0.2) is 70.6 Å². The summed E-state index contributed by atoms with van der Waals surface area (Å²) in [5.41, 5.74) is 0. The SMILES string of the molecule is COc1ccc(N(C2CCN(S(=O)(=O)c3ccc4c(c3)OC(F)(F)O4)CC2)S(=O)(=O)c2ccccc2Cl)nc1. The van der Waals surface area contributed by atoms with Crippen LogP contribution in [0, 0.1) is 0 Å². The predicted molar refractivity (Wildman–Crippen MR) is 136 cm³/mol. The maximum absolute atomic E-state index is 13.8. The van der Waals surface area contributed by atoms with Crippen molar-refractivity contribution in [3.63, 3.8) is 0 Å². The van der Waals surface area contributed by atoms with E-state index in [-0.39, 0.29) is 52.3 Å². The lowest BCUT2D eigenvalue weighted by Gasteiger charge is -2.38. The third kappa shape index (κ3) is 5.21. The van der Waals surface area contributed by atoms with E-state index >= 15 is 0 Å². The summed E-state index contributed by atoms with van der Waals surface area (Å²) in [4.78, 5) is 3.90. The van der Waals surface area contributed by atoms with Gasteiger partial charge in [-0.25, -0.2) is 26.1 Å². The highest BCUT2D eigenvalue weighted by atomic mass is 35.5. The van der Waals surface area contributed by atoms with Crippen molar-refractivity contribution in [1.82, 2.24) is 9.29 Å². The summed E-state index contributed by atoms with van der Waals surface area (Å²) in [5.74, 6) is -0.117. The molecule has 2 aliphatic heterocycles. The quantitative estimate of drug-likeness (QED) is 0.397. The fourth-order valence-electron chi connectivity index (χ4n) is 4.45. The number of anilines is 1. The van der Waals surface area contributed by atoms with Crippen LogP contribution in [-0.2, 0) is 20.0 Å². The minimum absolute atomic E-state index is 0.0319. The largest absolute Gasteiger partial charge is 0.586 e. The summed E-state index contributed by atoms with van der Waals surface area (Å²) >= 11 is 6.24. The number of piperidine rings is 1. The Hall–Kier alpha value is -3.20. The van der Waals surface area contributed by atoms with E-state index in [1.807, 2.05) is 0 Å². The number of benzene rings is 2. The van der Waals surface area contributed by atoms with Crippen molar-refractivity contribution in [3.8, 4) is 17.2 Å². The van der Waals surface area contributed by atoms with Crippen LogP contribution in [0.2, 0.25) is 5.02 Å². The van der Waals surface area contributed by atoms with Crippen LogP contribution in [0.3, 0.4) is 0 Å². The molecule has 0 unspecified atom stereocenters. The number of halogens is 3. The molecule has 208 valence electrons. The van der Waals surface area contributed by atoms with E-state index in [4.69, 9.17) is 16.3 Å². The second-order valence-electron chi connectivity index (χ2n) is 8.70. The van der Waals surface area contributed by atoms with Crippen molar-refractivity contribution in [2.45, 2.75) is 35.0 Å². The molecule has 0 aliphatic carbocycles. The van der Waals surface area contributed by atoms with E-state index in [0.29, 0.717) is 5.75 Å². The molecular weight excluding hydrogens is 580 g/mol. The van der Waals surface area contributed by atoms with Crippen molar-refractivity contribution in [2.75, 3.05) is 24.5 Å². The highest BCUT2D eigenvalue weighted by molar-refractivity contribution is 7.93. The second kappa shape index (κ2) is 10.1. The van der Waals surface area contributed by atoms with Crippen molar-refractivity contribution in [3.05, 3.63) is 65.8 Å². The summed E-state index contributed by atoms with van der Waals surface area (Å²) in [6.45, 7) is -0.0788. The van der Waals surface area contributed by atoms with Gasteiger partial charge in [0.15, 0.2) is 11.5 Å². The van der Waals surface area contributed by atoms with Gasteiger partial charge in [0.05, 0.1) is 23.2 Å². The summed E-state index contributed by atoms with van der Waals surface area (Å²) in [6.07, 6.45) is -2.25. The van der Waals surface area contributed by atoms with Gasteiger partial charge in [-0.1, -0.05) is 23.7 Å². The number of alkyl halides is 2.